The molecule has 0 aromatic carbocycles. The van der Waals surface area contributed by atoms with Gasteiger partial charge in [0.05, 0.1) is 26.2 Å². The second kappa shape index (κ2) is 13.9. The third-order valence-electron chi connectivity index (χ3n) is 2.33. The van der Waals surface area contributed by atoms with Crippen molar-refractivity contribution in [3.8, 4) is 0 Å². The van der Waals surface area contributed by atoms with Gasteiger partial charge in [-0.2, -0.15) is 0 Å². The van der Waals surface area contributed by atoms with E-state index in [4.69, 9.17) is 32.0 Å². The van der Waals surface area contributed by atoms with Crippen molar-refractivity contribution in [2.24, 2.45) is 0 Å². The molecule has 25 heavy (non-hydrogen) atoms. The number of halogens is 1. The average Bonchev–Trinajstić information content (AvgIpc) is 2.42. The molecule has 0 fully saturated rings. The van der Waals surface area contributed by atoms with Crippen molar-refractivity contribution >= 4 is 40.7 Å². The van der Waals surface area contributed by atoms with E-state index in [1.165, 1.54) is 0 Å². The van der Waals surface area contributed by atoms with Crippen molar-refractivity contribution < 1.29 is 44.4 Å². The summed E-state index contributed by atoms with van der Waals surface area (Å²) in [6.45, 7) is 0.828. The van der Waals surface area contributed by atoms with Gasteiger partial charge in [-0.05, 0) is 17.7 Å². The Kier molecular flexibility index (Phi) is 13.8. The third kappa shape index (κ3) is 19.5. The number of carbonyl (C=O) groups excluding carboxylic acids is 1. The zero-order valence-electron chi connectivity index (χ0n) is 13.1. The van der Waals surface area contributed by atoms with Crippen LogP contribution in [-0.4, -0.2) is 98.6 Å². The van der Waals surface area contributed by atoms with E-state index in [9.17, 15) is 24.0 Å². The van der Waals surface area contributed by atoms with E-state index < -0.39 is 55.3 Å². The van der Waals surface area contributed by atoms with Gasteiger partial charge in [0.2, 0.25) is 5.24 Å². The average molecular weight is 383 g/mol. The van der Waals surface area contributed by atoms with Gasteiger partial charge in [0, 0.05) is 13.1 Å². The van der Waals surface area contributed by atoms with Crippen molar-refractivity contribution in [2.45, 2.75) is 0 Å². The van der Waals surface area contributed by atoms with Crippen molar-refractivity contribution in [2.75, 3.05) is 39.3 Å². The van der Waals surface area contributed by atoms with Gasteiger partial charge >= 0.3 is 23.9 Å². The maximum atomic E-state index is 10.6. The van der Waals surface area contributed by atoms with Crippen LogP contribution in [0.4, 0.5) is 0 Å². The lowest BCUT2D eigenvalue weighted by atomic mass is 10.4. The molecule has 0 aliphatic rings. The Labute approximate surface area is 147 Å². The molecule has 142 valence electrons. The Morgan fingerprint density at radius 1 is 0.720 bits per heavy atom. The highest BCUT2D eigenvalue weighted by Gasteiger charge is 2.17. The molecule has 0 rings (SSSR count). The van der Waals surface area contributed by atoms with Crippen LogP contribution in [0.5, 0.6) is 0 Å². The molecule has 0 aliphatic carbocycles. The highest BCUT2D eigenvalue weighted by Crippen LogP contribution is 1.94. The molecule has 0 bridgehead atoms. The minimum Gasteiger partial charge on any atom is -0.480 e. The first-order valence-electron chi connectivity index (χ1n) is 6.61. The first-order chi connectivity index (χ1) is 11.5. The SMILES string of the molecule is C=CC(=O)Cl.O=C(O)CN(CCN(CC(=O)O)CC(=O)O)CC(=O)O. The molecule has 0 amide bonds. The molecule has 0 aliphatic heterocycles. The summed E-state index contributed by atoms with van der Waals surface area (Å²) in [5.74, 6) is -4.91. The second-order valence-electron chi connectivity index (χ2n) is 4.50. The smallest absolute Gasteiger partial charge is 0.317 e. The monoisotopic (exact) mass is 382 g/mol. The third-order valence-corrected chi connectivity index (χ3v) is 2.48. The number of hydrogen-bond donors (Lipinski definition) is 4. The predicted octanol–water partition coefficient (Wildman–Crippen LogP) is -1.13. The van der Waals surface area contributed by atoms with Crippen LogP contribution in [-0.2, 0) is 24.0 Å². The number of carbonyl (C=O) groups is 5. The predicted molar refractivity (Wildman–Crippen MR) is 84.5 cm³/mol. The van der Waals surface area contributed by atoms with Crippen LogP contribution >= 0.6 is 11.6 Å². The molecule has 0 unspecified atom stereocenters. The van der Waals surface area contributed by atoms with Gasteiger partial charge in [0.1, 0.15) is 0 Å². The Morgan fingerprint density at radius 3 is 1.04 bits per heavy atom. The number of nitrogens with zero attached hydrogens (tertiary/aromatic N) is 2. The Balaban J connectivity index is 0. The molecule has 0 spiro atoms. The van der Waals surface area contributed by atoms with Crippen LogP contribution in [0.15, 0.2) is 12.7 Å². The zero-order chi connectivity index (χ0) is 20.0. The number of rotatable bonds is 12. The van der Waals surface area contributed by atoms with E-state index in [2.05, 4.69) is 6.58 Å². The zero-order valence-corrected chi connectivity index (χ0v) is 13.9. The highest BCUT2D eigenvalue weighted by atomic mass is 35.5. The Bertz CT molecular complexity index is 442. The van der Waals surface area contributed by atoms with Crippen LogP contribution in [0.3, 0.4) is 0 Å². The number of carboxylic acids is 4. The summed E-state index contributed by atoms with van der Waals surface area (Å²) in [7, 11) is 0. The molecule has 0 saturated carbocycles. The van der Waals surface area contributed by atoms with Crippen molar-refractivity contribution in [1.29, 1.82) is 0 Å². The number of carboxylic acid groups (broad SMARTS) is 4. The standard InChI is InChI=1S/C10H16N2O8.C3H3ClO/c13-7(14)3-11(4-8(15)16)1-2-12(5-9(17)18)6-10(19)20;1-2-3(4)5/h1-6H2,(H,13,14)(H,15,16)(H,17,18)(H,19,20);2H,1H2. The summed E-state index contributed by atoms with van der Waals surface area (Å²) >= 11 is 4.71. The molecule has 12 heteroatoms. The van der Waals surface area contributed by atoms with Gasteiger partial charge in [-0.15, -0.1) is 0 Å². The van der Waals surface area contributed by atoms with E-state index in [0.717, 1.165) is 15.9 Å². The fourth-order valence-electron chi connectivity index (χ4n) is 1.48. The van der Waals surface area contributed by atoms with Gasteiger partial charge in [-0.3, -0.25) is 33.8 Å². The lowest BCUT2D eigenvalue weighted by Crippen LogP contribution is -2.43. The maximum Gasteiger partial charge on any atom is 0.317 e. The quantitative estimate of drug-likeness (QED) is 0.237. The summed E-state index contributed by atoms with van der Waals surface area (Å²) in [6.07, 6.45) is 1.04. The van der Waals surface area contributed by atoms with E-state index in [1.54, 1.807) is 0 Å². The van der Waals surface area contributed by atoms with Crippen molar-refractivity contribution in [3.63, 3.8) is 0 Å². The number of hydrogen-bond acceptors (Lipinski definition) is 7. The summed E-state index contributed by atoms with van der Waals surface area (Å²) < 4.78 is 0. The van der Waals surface area contributed by atoms with Gasteiger partial charge in [0.25, 0.3) is 0 Å². The van der Waals surface area contributed by atoms with Gasteiger partial charge in [-0.25, -0.2) is 0 Å². The summed E-state index contributed by atoms with van der Waals surface area (Å²) in [5, 5.41) is 34.0. The molecular weight excluding hydrogens is 364 g/mol. The minimum absolute atomic E-state index is 0.0703. The normalized spacial score (nSPS) is 9.88. The number of aliphatic carboxylic acids is 4. The van der Waals surface area contributed by atoms with Gasteiger partial charge < -0.3 is 20.4 Å². The topological polar surface area (TPSA) is 173 Å². The molecule has 0 aromatic rings. The molecule has 0 aromatic heterocycles. The van der Waals surface area contributed by atoms with E-state index >= 15 is 0 Å². The van der Waals surface area contributed by atoms with E-state index in [1.807, 2.05) is 0 Å². The largest absolute Gasteiger partial charge is 0.480 e. The molecule has 11 nitrogen and oxygen atoms in total. The maximum absolute atomic E-state index is 10.6. The van der Waals surface area contributed by atoms with Gasteiger partial charge in [0.15, 0.2) is 0 Å². The number of allylic oxidation sites excluding steroid dienone is 1. The molecular formula is C13H19ClN2O9. The van der Waals surface area contributed by atoms with Crippen LogP contribution in [0.2, 0.25) is 0 Å². The molecule has 0 atom stereocenters. The first kappa shape index (κ1) is 24.7. The second-order valence-corrected chi connectivity index (χ2v) is 4.88. The first-order valence-corrected chi connectivity index (χ1v) is 6.99. The summed E-state index contributed by atoms with van der Waals surface area (Å²) in [6, 6.07) is 0. The Morgan fingerprint density at radius 2 is 0.920 bits per heavy atom. The Hall–Kier alpha value is -2.50. The lowest BCUT2D eigenvalue weighted by Gasteiger charge is -2.23. The van der Waals surface area contributed by atoms with Crippen LogP contribution in [0.1, 0.15) is 0 Å². The molecule has 0 heterocycles. The van der Waals surface area contributed by atoms with Gasteiger partial charge in [-0.1, -0.05) is 6.58 Å². The molecule has 0 radical (unpaired) electrons. The summed E-state index contributed by atoms with van der Waals surface area (Å²) in [5.41, 5.74) is 0. The van der Waals surface area contributed by atoms with E-state index in [0.29, 0.717) is 0 Å². The van der Waals surface area contributed by atoms with Crippen molar-refractivity contribution in [3.05, 3.63) is 12.7 Å². The van der Waals surface area contributed by atoms with Crippen LogP contribution in [0.25, 0.3) is 0 Å². The lowest BCUT2D eigenvalue weighted by molar-refractivity contribution is -0.145. The molecule has 0 saturated heterocycles. The van der Waals surface area contributed by atoms with Crippen LogP contribution in [0, 0.1) is 0 Å². The minimum atomic E-state index is -1.23. The van der Waals surface area contributed by atoms with E-state index in [-0.39, 0.29) is 13.1 Å². The summed E-state index contributed by atoms with van der Waals surface area (Å²) in [4.78, 5) is 53.8. The highest BCUT2D eigenvalue weighted by molar-refractivity contribution is 6.66. The fourth-order valence-corrected chi connectivity index (χ4v) is 1.48. The van der Waals surface area contributed by atoms with Crippen molar-refractivity contribution in [1.82, 2.24) is 9.80 Å². The van der Waals surface area contributed by atoms with Crippen LogP contribution < -0.4 is 0 Å². The fraction of sp³-hybridized carbons (Fsp3) is 0.462. The molecule has 4 N–H and O–H groups in total.